The largest absolute Gasteiger partial charge is 0.240 e. The highest BCUT2D eigenvalue weighted by Gasteiger charge is 2.16. The maximum Gasteiger partial charge on any atom is 0.149 e. The molecule has 0 spiro atoms. The molecule has 1 aromatic heterocycles. The van der Waals surface area contributed by atoms with Gasteiger partial charge in [-0.3, -0.25) is 0 Å². The van der Waals surface area contributed by atoms with E-state index < -0.39 is 5.92 Å². The number of benzene rings is 1. The van der Waals surface area contributed by atoms with Crippen LogP contribution >= 0.6 is 0 Å². The lowest BCUT2D eigenvalue weighted by Gasteiger charge is -2.07. The van der Waals surface area contributed by atoms with Gasteiger partial charge in [0, 0.05) is 12.4 Å². The van der Waals surface area contributed by atoms with Gasteiger partial charge in [-0.1, -0.05) is 12.1 Å². The van der Waals surface area contributed by atoms with Crippen molar-refractivity contribution in [3.63, 3.8) is 0 Å². The standard InChI is InChI=1S/C12H8FN3/c13-10-4-1-3-9(7-10)11(8-14)12-15-5-2-6-16-12/h1-7,11H. The van der Waals surface area contributed by atoms with Gasteiger partial charge in [0.25, 0.3) is 0 Å². The minimum atomic E-state index is -0.628. The zero-order chi connectivity index (χ0) is 11.4. The normalized spacial score (nSPS) is 11.8. The Balaban J connectivity index is 2.42. The molecule has 0 saturated heterocycles. The molecule has 0 saturated carbocycles. The topological polar surface area (TPSA) is 49.6 Å². The lowest BCUT2D eigenvalue weighted by Crippen LogP contribution is -2.03. The highest BCUT2D eigenvalue weighted by Crippen LogP contribution is 2.20. The van der Waals surface area contributed by atoms with Gasteiger partial charge in [0.1, 0.15) is 17.6 Å². The fraction of sp³-hybridized carbons (Fsp3) is 0.0833. The molecule has 0 amide bonds. The van der Waals surface area contributed by atoms with E-state index in [1.165, 1.54) is 12.1 Å². The zero-order valence-corrected chi connectivity index (χ0v) is 8.34. The highest BCUT2D eigenvalue weighted by molar-refractivity contribution is 5.31. The van der Waals surface area contributed by atoms with Crippen molar-refractivity contribution < 1.29 is 4.39 Å². The average molecular weight is 213 g/mol. The van der Waals surface area contributed by atoms with Crippen LogP contribution in [0.25, 0.3) is 0 Å². The molecule has 0 bridgehead atoms. The number of rotatable bonds is 2. The summed E-state index contributed by atoms with van der Waals surface area (Å²) in [6.45, 7) is 0. The van der Waals surface area contributed by atoms with Gasteiger partial charge in [-0.2, -0.15) is 5.26 Å². The lowest BCUT2D eigenvalue weighted by atomic mass is 10.00. The summed E-state index contributed by atoms with van der Waals surface area (Å²) in [5.74, 6) is -0.610. The third-order valence-electron chi connectivity index (χ3n) is 2.16. The predicted octanol–water partition coefficient (Wildman–Crippen LogP) is 2.27. The Hall–Kier alpha value is -2.28. The van der Waals surface area contributed by atoms with Gasteiger partial charge in [-0.05, 0) is 23.8 Å². The molecule has 78 valence electrons. The second-order valence-electron chi connectivity index (χ2n) is 3.22. The number of aromatic nitrogens is 2. The molecule has 1 unspecified atom stereocenters. The Morgan fingerprint density at radius 2 is 1.94 bits per heavy atom. The molecule has 2 rings (SSSR count). The summed E-state index contributed by atoms with van der Waals surface area (Å²) in [5, 5.41) is 9.07. The molecule has 16 heavy (non-hydrogen) atoms. The van der Waals surface area contributed by atoms with Crippen molar-refractivity contribution in [1.29, 1.82) is 5.26 Å². The molecule has 0 N–H and O–H groups in total. The molecule has 2 aromatic rings. The minimum Gasteiger partial charge on any atom is -0.240 e. The smallest absolute Gasteiger partial charge is 0.149 e. The third-order valence-corrected chi connectivity index (χ3v) is 2.16. The summed E-state index contributed by atoms with van der Waals surface area (Å²) < 4.78 is 13.0. The van der Waals surface area contributed by atoms with Crippen LogP contribution in [0.15, 0.2) is 42.7 Å². The summed E-state index contributed by atoms with van der Waals surface area (Å²) in [6.07, 6.45) is 3.12. The van der Waals surface area contributed by atoms with Gasteiger partial charge in [0.15, 0.2) is 0 Å². The molecule has 3 nitrogen and oxygen atoms in total. The van der Waals surface area contributed by atoms with E-state index >= 15 is 0 Å². The van der Waals surface area contributed by atoms with Crippen LogP contribution in [0.3, 0.4) is 0 Å². The average Bonchev–Trinajstić information content (AvgIpc) is 2.31. The predicted molar refractivity (Wildman–Crippen MR) is 55.9 cm³/mol. The van der Waals surface area contributed by atoms with Crippen LogP contribution in [-0.2, 0) is 0 Å². The Morgan fingerprint density at radius 3 is 2.56 bits per heavy atom. The molecule has 1 atom stereocenters. The Morgan fingerprint density at radius 1 is 1.19 bits per heavy atom. The molecule has 1 aromatic carbocycles. The van der Waals surface area contributed by atoms with Gasteiger partial charge in [0.05, 0.1) is 6.07 Å². The second-order valence-corrected chi connectivity index (χ2v) is 3.22. The molecular formula is C12H8FN3. The van der Waals surface area contributed by atoms with Gasteiger partial charge < -0.3 is 0 Å². The van der Waals surface area contributed by atoms with E-state index in [4.69, 9.17) is 5.26 Å². The van der Waals surface area contributed by atoms with E-state index in [1.807, 2.05) is 0 Å². The number of halogens is 1. The van der Waals surface area contributed by atoms with E-state index in [2.05, 4.69) is 16.0 Å². The quantitative estimate of drug-likeness (QED) is 0.768. The molecule has 0 radical (unpaired) electrons. The first-order valence-electron chi connectivity index (χ1n) is 4.73. The Bertz CT molecular complexity index is 519. The van der Waals surface area contributed by atoms with E-state index in [1.54, 1.807) is 30.6 Å². The van der Waals surface area contributed by atoms with Crippen LogP contribution in [0.1, 0.15) is 17.3 Å². The summed E-state index contributed by atoms with van der Waals surface area (Å²) in [7, 11) is 0. The van der Waals surface area contributed by atoms with Crippen molar-refractivity contribution in [3.8, 4) is 6.07 Å². The van der Waals surface area contributed by atoms with E-state index in [-0.39, 0.29) is 5.82 Å². The highest BCUT2D eigenvalue weighted by atomic mass is 19.1. The first kappa shape index (κ1) is 10.2. The van der Waals surface area contributed by atoms with Gasteiger partial charge in [-0.25, -0.2) is 14.4 Å². The van der Waals surface area contributed by atoms with E-state index in [0.717, 1.165) is 0 Å². The Kier molecular flexibility index (Phi) is 2.88. The summed E-state index contributed by atoms with van der Waals surface area (Å²) in [5.41, 5.74) is 0.564. The summed E-state index contributed by atoms with van der Waals surface area (Å²) in [6, 6.07) is 9.66. The molecule has 0 aliphatic heterocycles. The van der Waals surface area contributed by atoms with Crippen LogP contribution in [-0.4, -0.2) is 9.97 Å². The number of hydrogen-bond donors (Lipinski definition) is 0. The van der Waals surface area contributed by atoms with Crippen LogP contribution in [0, 0.1) is 17.1 Å². The number of nitriles is 1. The van der Waals surface area contributed by atoms with Crippen LogP contribution in [0.4, 0.5) is 4.39 Å². The number of nitrogens with zero attached hydrogens (tertiary/aromatic N) is 3. The van der Waals surface area contributed by atoms with Gasteiger partial charge >= 0.3 is 0 Å². The summed E-state index contributed by atoms with van der Waals surface area (Å²) >= 11 is 0. The maximum atomic E-state index is 13.0. The fourth-order valence-electron chi connectivity index (χ4n) is 1.43. The molecule has 4 heteroatoms. The third kappa shape index (κ3) is 2.04. The van der Waals surface area contributed by atoms with Crippen molar-refractivity contribution >= 4 is 0 Å². The second kappa shape index (κ2) is 4.49. The molecule has 1 heterocycles. The van der Waals surface area contributed by atoms with Crippen molar-refractivity contribution in [2.45, 2.75) is 5.92 Å². The monoisotopic (exact) mass is 213 g/mol. The molecule has 0 aliphatic rings. The minimum absolute atomic E-state index is 0.367. The van der Waals surface area contributed by atoms with E-state index in [9.17, 15) is 4.39 Å². The van der Waals surface area contributed by atoms with Crippen molar-refractivity contribution in [1.82, 2.24) is 9.97 Å². The van der Waals surface area contributed by atoms with Crippen LogP contribution < -0.4 is 0 Å². The zero-order valence-electron chi connectivity index (χ0n) is 8.34. The Labute approximate surface area is 92.2 Å². The molecular weight excluding hydrogens is 205 g/mol. The van der Waals surface area contributed by atoms with Gasteiger partial charge in [0.2, 0.25) is 0 Å². The fourth-order valence-corrected chi connectivity index (χ4v) is 1.43. The van der Waals surface area contributed by atoms with Crippen LogP contribution in [0.5, 0.6) is 0 Å². The first-order valence-corrected chi connectivity index (χ1v) is 4.73. The SMILES string of the molecule is N#CC(c1cccc(F)c1)c1ncccn1. The maximum absolute atomic E-state index is 13.0. The molecule has 0 aliphatic carbocycles. The molecule has 0 fully saturated rings. The summed E-state index contributed by atoms with van der Waals surface area (Å²) in [4.78, 5) is 8.00. The van der Waals surface area contributed by atoms with Crippen molar-refractivity contribution in [2.24, 2.45) is 0 Å². The van der Waals surface area contributed by atoms with Gasteiger partial charge in [-0.15, -0.1) is 0 Å². The van der Waals surface area contributed by atoms with Crippen molar-refractivity contribution in [3.05, 3.63) is 59.9 Å². The number of hydrogen-bond acceptors (Lipinski definition) is 3. The first-order chi connectivity index (χ1) is 7.81. The van der Waals surface area contributed by atoms with Crippen molar-refractivity contribution in [2.75, 3.05) is 0 Å². The van der Waals surface area contributed by atoms with E-state index in [0.29, 0.717) is 11.4 Å². The van der Waals surface area contributed by atoms with Crippen LogP contribution in [0.2, 0.25) is 0 Å². The lowest BCUT2D eigenvalue weighted by molar-refractivity contribution is 0.625.